The summed E-state index contributed by atoms with van der Waals surface area (Å²) in [5.41, 5.74) is 2.53. The number of carbonyl (C=O) groups excluding carboxylic acids is 2. The van der Waals surface area contributed by atoms with Gasteiger partial charge in [0.05, 0.1) is 5.41 Å². The Kier molecular flexibility index (Phi) is 8.56. The topological polar surface area (TPSA) is 52.6 Å². The second-order valence-electron chi connectivity index (χ2n) is 18.0. The molecule has 0 N–H and O–H groups in total. The highest BCUT2D eigenvalue weighted by atomic mass is 32.9. The number of hydrogen-bond acceptors (Lipinski definition) is 7. The molecule has 7 heteroatoms. The fraction of sp³-hybridized carbons (Fsp3) is 0.683. The van der Waals surface area contributed by atoms with Crippen molar-refractivity contribution in [2.45, 2.75) is 113 Å². The number of benzene rings is 1. The third-order valence-electron chi connectivity index (χ3n) is 15.0. The predicted octanol–water partition coefficient (Wildman–Crippen LogP) is 11.5. The van der Waals surface area contributed by atoms with Gasteiger partial charge in [0.2, 0.25) is 0 Å². The molecule has 1 heterocycles. The third kappa shape index (κ3) is 5.25. The van der Waals surface area contributed by atoms with Crippen LogP contribution in [0.2, 0.25) is 0 Å². The third-order valence-corrected chi connectivity index (χ3v) is 17.9. The second-order valence-corrected chi connectivity index (χ2v) is 20.9. The van der Waals surface area contributed by atoms with Crippen molar-refractivity contribution in [2.75, 3.05) is 13.2 Å². The Balaban J connectivity index is 1.09. The average molecular weight is 707 g/mol. The zero-order valence-electron chi connectivity index (χ0n) is 30.0. The standard InChI is InChI=1S/C41H54O4S3/c1-36(2)18-20-41(35(43)45-23-22-44-27-10-8-26(9-11-27)30-24-34(46)48-47-30)21-19-39(6)28(29(41)25-36)12-13-32-38(5)16-15-33(42)37(3,4)31(38)14-17-40(32,39)7/h8-12,24,29,31-32H,13-23,25H2,1-7H3/t29-,31-,32+,38-,39+,40+,41-/m0/s1. The van der Waals surface area contributed by atoms with E-state index in [-0.39, 0.29) is 45.6 Å². The van der Waals surface area contributed by atoms with Crippen LogP contribution in [0, 0.1) is 54.1 Å². The number of ether oxygens (including phenoxy) is 2. The van der Waals surface area contributed by atoms with Gasteiger partial charge >= 0.3 is 5.97 Å². The Labute approximate surface area is 300 Å². The molecule has 1 aromatic carbocycles. The van der Waals surface area contributed by atoms with E-state index in [2.05, 4.69) is 66.7 Å². The van der Waals surface area contributed by atoms with E-state index >= 15 is 0 Å². The van der Waals surface area contributed by atoms with Crippen molar-refractivity contribution < 1.29 is 19.1 Å². The highest BCUT2D eigenvalue weighted by Gasteiger charge is 2.69. The van der Waals surface area contributed by atoms with Crippen LogP contribution in [0.1, 0.15) is 113 Å². The molecule has 0 aliphatic heterocycles. The first-order valence-corrected chi connectivity index (χ1v) is 20.9. The predicted molar refractivity (Wildman–Crippen MR) is 199 cm³/mol. The fourth-order valence-corrected chi connectivity index (χ4v) is 14.3. The van der Waals surface area contributed by atoms with E-state index in [0.29, 0.717) is 30.6 Å². The van der Waals surface area contributed by atoms with Gasteiger partial charge in [-0.3, -0.25) is 9.59 Å². The molecule has 1 aromatic heterocycles. The first kappa shape index (κ1) is 34.6. The number of carbonyl (C=O) groups is 2. The summed E-state index contributed by atoms with van der Waals surface area (Å²) in [6.07, 6.45) is 12.6. The van der Waals surface area contributed by atoms with Crippen molar-refractivity contribution in [3.63, 3.8) is 0 Å². The van der Waals surface area contributed by atoms with Gasteiger partial charge in [0, 0.05) is 16.7 Å². The van der Waals surface area contributed by atoms with E-state index < -0.39 is 5.41 Å². The van der Waals surface area contributed by atoms with E-state index in [9.17, 15) is 9.59 Å². The Morgan fingerprint density at radius 1 is 0.896 bits per heavy atom. The summed E-state index contributed by atoms with van der Waals surface area (Å²) >= 11 is 5.29. The molecule has 0 unspecified atom stereocenters. The lowest BCUT2D eigenvalue weighted by molar-refractivity contribution is -0.191. The molecular formula is C41H54O4S3. The van der Waals surface area contributed by atoms with Gasteiger partial charge in [-0.1, -0.05) is 93.0 Å². The first-order valence-electron chi connectivity index (χ1n) is 18.3. The molecule has 4 fully saturated rings. The zero-order valence-corrected chi connectivity index (χ0v) is 32.5. The number of esters is 1. The summed E-state index contributed by atoms with van der Waals surface area (Å²) in [5.74, 6) is 2.43. The van der Waals surface area contributed by atoms with Crippen molar-refractivity contribution in [1.82, 2.24) is 0 Å². The van der Waals surface area contributed by atoms with Gasteiger partial charge in [-0.2, -0.15) is 0 Å². The molecule has 0 radical (unpaired) electrons. The van der Waals surface area contributed by atoms with E-state index in [1.807, 2.05) is 18.2 Å². The summed E-state index contributed by atoms with van der Waals surface area (Å²) < 4.78 is 13.1. The van der Waals surface area contributed by atoms with Gasteiger partial charge < -0.3 is 9.47 Å². The highest BCUT2D eigenvalue weighted by molar-refractivity contribution is 7.80. The summed E-state index contributed by atoms with van der Waals surface area (Å²) in [7, 11) is 3.31. The monoisotopic (exact) mass is 706 g/mol. The van der Waals surface area contributed by atoms with Crippen LogP contribution < -0.4 is 4.74 Å². The second kappa shape index (κ2) is 11.9. The van der Waals surface area contributed by atoms with Crippen molar-refractivity contribution >= 4 is 44.7 Å². The molecule has 7 atom stereocenters. The summed E-state index contributed by atoms with van der Waals surface area (Å²) in [6, 6.07) is 10.1. The van der Waals surface area contributed by atoms with Gasteiger partial charge in [0.1, 0.15) is 28.6 Å². The minimum Gasteiger partial charge on any atom is -0.490 e. The Bertz CT molecular complexity index is 1680. The number of ketones is 1. The van der Waals surface area contributed by atoms with Crippen LogP contribution in [-0.2, 0) is 14.3 Å². The molecule has 0 spiro atoms. The number of fused-ring (bicyclic) bond motifs is 7. The van der Waals surface area contributed by atoms with Crippen molar-refractivity contribution in [3.8, 4) is 16.2 Å². The van der Waals surface area contributed by atoms with Gasteiger partial charge in [0.25, 0.3) is 0 Å². The van der Waals surface area contributed by atoms with Crippen LogP contribution in [0.3, 0.4) is 0 Å². The van der Waals surface area contributed by atoms with Crippen LogP contribution >= 0.6 is 32.9 Å². The molecule has 48 heavy (non-hydrogen) atoms. The molecule has 5 aliphatic rings. The normalized spacial score (nSPS) is 38.0. The average Bonchev–Trinajstić information content (AvgIpc) is 3.47. The van der Waals surface area contributed by atoms with Crippen LogP contribution in [0.5, 0.6) is 5.75 Å². The van der Waals surface area contributed by atoms with E-state index in [0.717, 1.165) is 72.9 Å². The molecule has 5 aliphatic carbocycles. The lowest BCUT2D eigenvalue weighted by Crippen LogP contribution is -2.64. The molecule has 260 valence electrons. The summed E-state index contributed by atoms with van der Waals surface area (Å²) in [4.78, 5) is 28.6. The van der Waals surface area contributed by atoms with Crippen LogP contribution in [0.15, 0.2) is 42.0 Å². The van der Waals surface area contributed by atoms with Crippen molar-refractivity contribution in [1.29, 1.82) is 0 Å². The Morgan fingerprint density at radius 3 is 2.33 bits per heavy atom. The van der Waals surface area contributed by atoms with Crippen LogP contribution in [0.25, 0.3) is 10.4 Å². The van der Waals surface area contributed by atoms with E-state index in [1.165, 1.54) is 4.88 Å². The smallest absolute Gasteiger partial charge is 0.312 e. The van der Waals surface area contributed by atoms with E-state index in [1.54, 1.807) is 26.3 Å². The quantitative estimate of drug-likeness (QED) is 0.0984. The number of hydrogen-bond donors (Lipinski definition) is 0. The van der Waals surface area contributed by atoms with Gasteiger partial charge in [0.15, 0.2) is 0 Å². The van der Waals surface area contributed by atoms with Crippen molar-refractivity contribution in [2.24, 2.45) is 50.2 Å². The number of rotatable bonds is 6. The SMILES string of the molecule is CC1(C)CC[C@]2(C(=O)OCCOc3ccc(-c4cc(=S)ss4)cc3)CC[C@]3(C)C(=CC[C@@H]4[C@@]5(C)CCC(=O)C(C)(C)[C@@H]5CC[C@]43C)[C@@H]2C1. The maximum Gasteiger partial charge on any atom is 0.312 e. The zero-order chi connectivity index (χ0) is 34.3. The minimum absolute atomic E-state index is 0.0148. The molecule has 0 bridgehead atoms. The first-order chi connectivity index (χ1) is 22.6. The highest BCUT2D eigenvalue weighted by Crippen LogP contribution is 2.75. The molecule has 4 nitrogen and oxygen atoms in total. The lowest BCUT2D eigenvalue weighted by atomic mass is 9.33. The van der Waals surface area contributed by atoms with Crippen LogP contribution in [-0.4, -0.2) is 25.0 Å². The largest absolute Gasteiger partial charge is 0.490 e. The molecule has 4 saturated carbocycles. The maximum absolute atomic E-state index is 14.3. The molecule has 7 rings (SSSR count). The van der Waals surface area contributed by atoms with Gasteiger partial charge in [-0.15, -0.1) is 0 Å². The number of allylic oxidation sites excluding steroid dienone is 2. The maximum atomic E-state index is 14.3. The molecular weight excluding hydrogens is 653 g/mol. The lowest BCUT2D eigenvalue weighted by Gasteiger charge is -2.70. The van der Waals surface area contributed by atoms with Crippen LogP contribution in [0.4, 0.5) is 0 Å². The number of Topliss-reactive ketones (excluding diaryl/α,β-unsaturated/α-hetero) is 1. The molecule has 0 saturated heterocycles. The minimum atomic E-state index is -0.461. The van der Waals surface area contributed by atoms with Gasteiger partial charge in [-0.05, 0) is 133 Å². The Hall–Kier alpha value is -1.83. The van der Waals surface area contributed by atoms with Gasteiger partial charge in [-0.25, -0.2) is 0 Å². The van der Waals surface area contributed by atoms with E-state index in [4.69, 9.17) is 21.7 Å². The molecule has 2 aromatic rings. The fourth-order valence-electron chi connectivity index (χ4n) is 11.9. The summed E-state index contributed by atoms with van der Waals surface area (Å²) in [6.45, 7) is 17.5. The van der Waals surface area contributed by atoms with Crippen molar-refractivity contribution in [3.05, 3.63) is 45.8 Å². The Morgan fingerprint density at radius 2 is 1.62 bits per heavy atom. The molecule has 0 amide bonds. The summed E-state index contributed by atoms with van der Waals surface area (Å²) in [5, 5.41) is 0.